The van der Waals surface area contributed by atoms with Gasteiger partial charge in [-0.3, -0.25) is 0 Å². The van der Waals surface area contributed by atoms with Gasteiger partial charge in [-0.05, 0) is 57.5 Å². The highest BCUT2D eigenvalue weighted by atomic mass is 16.4. The number of rotatable bonds is 4. The lowest BCUT2D eigenvalue weighted by Crippen LogP contribution is -2.30. The summed E-state index contributed by atoms with van der Waals surface area (Å²) in [6.07, 6.45) is 5.41. The maximum absolute atomic E-state index is 11.2. The van der Waals surface area contributed by atoms with Gasteiger partial charge in [0, 0.05) is 6.54 Å². The fraction of sp³-hybridized carbons (Fsp3) is 0.500. The van der Waals surface area contributed by atoms with Crippen molar-refractivity contribution in [2.24, 2.45) is 5.92 Å². The molecule has 2 heterocycles. The molecule has 5 nitrogen and oxygen atoms in total. The number of piperidine rings is 1. The van der Waals surface area contributed by atoms with Gasteiger partial charge in [0.25, 0.3) is 0 Å². The number of hydrogen-bond acceptors (Lipinski definition) is 3. The zero-order valence-corrected chi connectivity index (χ0v) is 12.3. The van der Waals surface area contributed by atoms with Gasteiger partial charge in [-0.15, -0.1) is 0 Å². The van der Waals surface area contributed by atoms with Crippen molar-refractivity contribution in [3.63, 3.8) is 0 Å². The fourth-order valence-electron chi connectivity index (χ4n) is 3.11. The zero-order valence-electron chi connectivity index (χ0n) is 12.3. The molecule has 1 aliphatic rings. The second-order valence-corrected chi connectivity index (χ2v) is 5.95. The minimum Gasteiger partial charge on any atom is -0.478 e. The molecule has 21 heavy (non-hydrogen) atoms. The number of aryl methyl sites for hydroxylation is 1. The van der Waals surface area contributed by atoms with Gasteiger partial charge in [-0.1, -0.05) is 6.07 Å². The van der Waals surface area contributed by atoms with Crippen LogP contribution < -0.4 is 0 Å². The number of likely N-dealkylation sites (tertiary alicyclic amines) is 1. The zero-order chi connectivity index (χ0) is 14.8. The van der Waals surface area contributed by atoms with Crippen LogP contribution in [0.25, 0.3) is 11.0 Å². The molecule has 0 unspecified atom stereocenters. The Morgan fingerprint density at radius 2 is 2.14 bits per heavy atom. The molecule has 0 spiro atoms. The summed E-state index contributed by atoms with van der Waals surface area (Å²) in [6, 6.07) is 5.35. The van der Waals surface area contributed by atoms with Gasteiger partial charge in [0.15, 0.2) is 0 Å². The summed E-state index contributed by atoms with van der Waals surface area (Å²) in [5.74, 6) is -0.150. The van der Waals surface area contributed by atoms with Crippen LogP contribution in [0.2, 0.25) is 0 Å². The lowest BCUT2D eigenvalue weighted by Gasteiger charge is -2.28. The van der Waals surface area contributed by atoms with Gasteiger partial charge in [0.2, 0.25) is 0 Å². The van der Waals surface area contributed by atoms with E-state index in [2.05, 4.69) is 21.5 Å². The van der Waals surface area contributed by atoms with E-state index in [0.717, 1.165) is 24.4 Å². The van der Waals surface area contributed by atoms with E-state index in [1.54, 1.807) is 18.5 Å². The standard InChI is InChI=1S/C16H21N3O2/c1-18-8-5-12(6-9-18)7-10-19-11-17-15-13(16(20)21)3-2-4-14(15)19/h2-4,11-12H,5-10H2,1H3,(H,20,21). The Labute approximate surface area is 124 Å². The number of carboxylic acids is 1. The van der Waals surface area contributed by atoms with Crippen molar-refractivity contribution in [3.05, 3.63) is 30.1 Å². The van der Waals surface area contributed by atoms with Crippen LogP contribution in [-0.2, 0) is 6.54 Å². The van der Waals surface area contributed by atoms with Crippen LogP contribution in [0.15, 0.2) is 24.5 Å². The van der Waals surface area contributed by atoms with Crippen molar-refractivity contribution < 1.29 is 9.90 Å². The molecule has 1 aromatic heterocycles. The Morgan fingerprint density at radius 3 is 2.86 bits per heavy atom. The Hall–Kier alpha value is -1.88. The van der Waals surface area contributed by atoms with E-state index < -0.39 is 5.97 Å². The first kappa shape index (κ1) is 14.1. The van der Waals surface area contributed by atoms with Gasteiger partial charge < -0.3 is 14.6 Å². The van der Waals surface area contributed by atoms with Crippen molar-refractivity contribution >= 4 is 17.0 Å². The van der Waals surface area contributed by atoms with Crippen LogP contribution in [0.1, 0.15) is 29.6 Å². The number of carboxylic acid groups (broad SMARTS) is 1. The molecule has 1 aliphatic heterocycles. The lowest BCUT2D eigenvalue weighted by atomic mass is 9.94. The third-order valence-corrected chi connectivity index (χ3v) is 4.50. The molecule has 1 fully saturated rings. The highest BCUT2D eigenvalue weighted by Gasteiger charge is 2.17. The van der Waals surface area contributed by atoms with Crippen LogP contribution in [0.5, 0.6) is 0 Å². The van der Waals surface area contributed by atoms with Crippen LogP contribution in [0.3, 0.4) is 0 Å². The van der Waals surface area contributed by atoms with Gasteiger partial charge in [-0.25, -0.2) is 9.78 Å². The molecular formula is C16H21N3O2. The first-order valence-corrected chi connectivity index (χ1v) is 7.51. The van der Waals surface area contributed by atoms with E-state index >= 15 is 0 Å². The van der Waals surface area contributed by atoms with Crippen molar-refractivity contribution in [3.8, 4) is 0 Å². The number of hydrogen-bond donors (Lipinski definition) is 1. The number of aromatic nitrogens is 2. The van der Waals surface area contributed by atoms with E-state index in [9.17, 15) is 9.90 Å². The molecule has 0 aliphatic carbocycles. The molecule has 3 rings (SSSR count). The molecule has 2 aromatic rings. The maximum Gasteiger partial charge on any atom is 0.337 e. The van der Waals surface area contributed by atoms with Gasteiger partial charge >= 0.3 is 5.97 Å². The van der Waals surface area contributed by atoms with Crippen molar-refractivity contribution in [1.82, 2.24) is 14.5 Å². The number of para-hydroxylation sites is 1. The Balaban J connectivity index is 1.73. The average Bonchev–Trinajstić information content (AvgIpc) is 2.89. The summed E-state index contributed by atoms with van der Waals surface area (Å²) in [6.45, 7) is 3.27. The number of aromatic carboxylic acids is 1. The minimum absolute atomic E-state index is 0.283. The highest BCUT2D eigenvalue weighted by Crippen LogP contribution is 2.22. The second kappa shape index (κ2) is 5.85. The third kappa shape index (κ3) is 2.93. The van der Waals surface area contributed by atoms with Crippen molar-refractivity contribution in [1.29, 1.82) is 0 Å². The summed E-state index contributed by atoms with van der Waals surface area (Å²) in [7, 11) is 2.17. The quantitative estimate of drug-likeness (QED) is 0.938. The first-order chi connectivity index (χ1) is 10.1. The summed E-state index contributed by atoms with van der Waals surface area (Å²) >= 11 is 0. The first-order valence-electron chi connectivity index (χ1n) is 7.51. The van der Waals surface area contributed by atoms with E-state index in [1.165, 1.54) is 25.9 Å². The molecule has 0 atom stereocenters. The third-order valence-electron chi connectivity index (χ3n) is 4.50. The molecule has 112 valence electrons. The molecule has 1 saturated heterocycles. The van der Waals surface area contributed by atoms with E-state index in [4.69, 9.17) is 0 Å². The molecular weight excluding hydrogens is 266 g/mol. The van der Waals surface area contributed by atoms with Crippen molar-refractivity contribution in [2.45, 2.75) is 25.8 Å². The fourth-order valence-corrected chi connectivity index (χ4v) is 3.11. The summed E-state index contributed by atoms with van der Waals surface area (Å²) in [5, 5.41) is 9.20. The molecule has 1 aromatic carbocycles. The number of imidazole rings is 1. The van der Waals surface area contributed by atoms with Crippen LogP contribution in [-0.4, -0.2) is 45.7 Å². The smallest absolute Gasteiger partial charge is 0.337 e. The Kier molecular flexibility index (Phi) is 3.92. The Morgan fingerprint density at radius 1 is 1.38 bits per heavy atom. The van der Waals surface area contributed by atoms with Gasteiger partial charge in [0.1, 0.15) is 5.52 Å². The monoisotopic (exact) mass is 287 g/mol. The van der Waals surface area contributed by atoms with E-state index in [0.29, 0.717) is 5.52 Å². The topological polar surface area (TPSA) is 58.4 Å². The van der Waals surface area contributed by atoms with Gasteiger partial charge in [-0.2, -0.15) is 0 Å². The second-order valence-electron chi connectivity index (χ2n) is 5.95. The molecule has 0 amide bonds. The minimum atomic E-state index is -0.916. The Bertz CT molecular complexity index is 642. The number of fused-ring (bicyclic) bond motifs is 1. The van der Waals surface area contributed by atoms with E-state index in [1.807, 2.05) is 6.07 Å². The normalized spacial score (nSPS) is 17.4. The number of benzene rings is 1. The molecule has 1 N–H and O–H groups in total. The summed E-state index contributed by atoms with van der Waals surface area (Å²) < 4.78 is 2.08. The largest absolute Gasteiger partial charge is 0.478 e. The van der Waals surface area contributed by atoms with E-state index in [-0.39, 0.29) is 5.56 Å². The predicted octanol–water partition coefficient (Wildman–Crippen LogP) is 2.47. The SMILES string of the molecule is CN1CCC(CCn2cnc3c(C(=O)O)cccc32)CC1. The van der Waals surface area contributed by atoms with Gasteiger partial charge in [0.05, 0.1) is 17.4 Å². The molecule has 5 heteroatoms. The molecule has 0 bridgehead atoms. The van der Waals surface area contributed by atoms with Crippen LogP contribution in [0, 0.1) is 5.92 Å². The van der Waals surface area contributed by atoms with Crippen LogP contribution >= 0.6 is 0 Å². The number of nitrogens with zero attached hydrogens (tertiary/aromatic N) is 3. The summed E-state index contributed by atoms with van der Waals surface area (Å²) in [4.78, 5) is 17.9. The average molecular weight is 287 g/mol. The summed E-state index contributed by atoms with van der Waals surface area (Å²) in [5.41, 5.74) is 1.79. The maximum atomic E-state index is 11.2. The predicted molar refractivity (Wildman–Crippen MR) is 81.5 cm³/mol. The number of carbonyl (C=O) groups is 1. The van der Waals surface area contributed by atoms with Crippen LogP contribution in [0.4, 0.5) is 0 Å². The van der Waals surface area contributed by atoms with Crippen molar-refractivity contribution in [2.75, 3.05) is 20.1 Å². The molecule has 0 radical (unpaired) electrons. The highest BCUT2D eigenvalue weighted by molar-refractivity contribution is 6.00. The lowest BCUT2D eigenvalue weighted by molar-refractivity contribution is 0.0699. The molecule has 0 saturated carbocycles.